The van der Waals surface area contributed by atoms with Gasteiger partial charge in [-0.1, -0.05) is 18.2 Å². The van der Waals surface area contributed by atoms with Crippen LogP contribution in [0.15, 0.2) is 95.3 Å². The second-order valence-electron chi connectivity index (χ2n) is 8.74. The number of anilines is 2. The molecule has 38 heavy (non-hydrogen) atoms. The van der Waals surface area contributed by atoms with Crippen molar-refractivity contribution in [3.8, 4) is 5.75 Å². The molecular weight excluding hydrogens is 486 g/mol. The lowest BCUT2D eigenvalue weighted by molar-refractivity contribution is -0.121. The van der Waals surface area contributed by atoms with E-state index in [-0.39, 0.29) is 29.4 Å². The third-order valence-corrected chi connectivity index (χ3v) is 5.89. The molecule has 0 aromatic heterocycles. The van der Waals surface area contributed by atoms with Gasteiger partial charge in [-0.25, -0.2) is 5.01 Å². The van der Waals surface area contributed by atoms with Gasteiger partial charge >= 0.3 is 0 Å². The van der Waals surface area contributed by atoms with Crippen LogP contribution < -0.4 is 26.0 Å². The molecule has 3 aliphatic rings. The van der Waals surface area contributed by atoms with Crippen LogP contribution in [0.1, 0.15) is 12.8 Å². The zero-order valence-electron chi connectivity index (χ0n) is 20.6. The normalized spacial score (nSPS) is 18.1. The van der Waals surface area contributed by atoms with E-state index in [1.54, 1.807) is 41.6 Å². The van der Waals surface area contributed by atoms with Crippen LogP contribution in [-0.2, 0) is 14.3 Å². The molecule has 194 valence electrons. The lowest BCUT2D eigenvalue weighted by Crippen LogP contribution is -2.38. The minimum Gasteiger partial charge on any atom is -0.482 e. The molecule has 1 saturated carbocycles. The Morgan fingerprint density at radius 2 is 1.79 bits per heavy atom. The molecule has 1 aliphatic carbocycles. The van der Waals surface area contributed by atoms with Gasteiger partial charge < -0.3 is 36.2 Å². The van der Waals surface area contributed by atoms with Crippen molar-refractivity contribution in [1.29, 1.82) is 5.41 Å². The van der Waals surface area contributed by atoms with Crippen molar-refractivity contribution < 1.29 is 19.1 Å². The number of hydrogen-bond donors (Lipinski definition) is 5. The lowest BCUT2D eigenvalue weighted by atomic mass is 10.2. The fourth-order valence-electron chi connectivity index (χ4n) is 3.77. The van der Waals surface area contributed by atoms with Crippen molar-refractivity contribution in [2.75, 3.05) is 17.7 Å². The molecule has 2 aromatic rings. The quantitative estimate of drug-likeness (QED) is 0.197. The standard InChI is InChI=1S/C27H27N7O4/c1-37-27(30-18-5-3-2-4-6-18)21(15-28)26(36)29-19-9-11-20(12-10-19)38-24-14-13-23-31-22(16-34(23)33-24)32-25(35)17-7-8-17/h2-6,9-17,23,28,30-31H,7-8H2,1H3,(H,29,36)(H,32,35)/b27-21-,28-15?. The molecule has 0 radical (unpaired) electrons. The summed E-state index contributed by atoms with van der Waals surface area (Å²) < 4.78 is 11.2. The molecule has 11 nitrogen and oxygen atoms in total. The van der Waals surface area contributed by atoms with Crippen LogP contribution in [0.2, 0.25) is 0 Å². The number of carbonyl (C=O) groups excluding carboxylic acids is 2. The van der Waals surface area contributed by atoms with Gasteiger partial charge in [-0.3, -0.25) is 9.59 Å². The highest BCUT2D eigenvalue weighted by Crippen LogP contribution is 2.29. The van der Waals surface area contributed by atoms with Crippen LogP contribution in [0.4, 0.5) is 11.4 Å². The summed E-state index contributed by atoms with van der Waals surface area (Å²) in [7, 11) is 1.43. The molecule has 0 spiro atoms. The van der Waals surface area contributed by atoms with Crippen LogP contribution in [0.3, 0.4) is 0 Å². The third kappa shape index (κ3) is 5.84. The summed E-state index contributed by atoms with van der Waals surface area (Å²) in [5.74, 6) is 1.29. The highest BCUT2D eigenvalue weighted by Gasteiger charge is 2.32. The highest BCUT2D eigenvalue weighted by atomic mass is 16.5. The molecule has 1 fully saturated rings. The van der Waals surface area contributed by atoms with Gasteiger partial charge in [0.2, 0.25) is 17.7 Å². The van der Waals surface area contributed by atoms with Gasteiger partial charge in [0.05, 0.1) is 13.3 Å². The molecule has 5 rings (SSSR count). The smallest absolute Gasteiger partial charge is 0.262 e. The van der Waals surface area contributed by atoms with Crippen LogP contribution in [0.25, 0.3) is 0 Å². The summed E-state index contributed by atoms with van der Waals surface area (Å²) in [4.78, 5) is 24.8. The molecule has 1 unspecified atom stereocenters. The Kier molecular flexibility index (Phi) is 7.07. The molecule has 2 heterocycles. The van der Waals surface area contributed by atoms with Gasteiger partial charge in [-0.2, -0.15) is 0 Å². The number of hydrazone groups is 1. The summed E-state index contributed by atoms with van der Waals surface area (Å²) in [6.07, 6.45) is 7.97. The lowest BCUT2D eigenvalue weighted by Gasteiger charge is -2.22. The minimum atomic E-state index is -0.502. The Bertz CT molecular complexity index is 1350. The predicted octanol–water partition coefficient (Wildman–Crippen LogP) is 3.06. The molecule has 2 amide bonds. The number of methoxy groups -OCH3 is 1. The third-order valence-electron chi connectivity index (χ3n) is 5.89. The van der Waals surface area contributed by atoms with Crippen molar-refractivity contribution in [1.82, 2.24) is 15.6 Å². The Hall–Kier alpha value is -5.06. The molecule has 2 aromatic carbocycles. The second kappa shape index (κ2) is 10.9. The van der Waals surface area contributed by atoms with Crippen molar-refractivity contribution >= 4 is 35.3 Å². The summed E-state index contributed by atoms with van der Waals surface area (Å²) in [6.45, 7) is 0. The Morgan fingerprint density at radius 1 is 1.05 bits per heavy atom. The van der Waals surface area contributed by atoms with E-state index in [2.05, 4.69) is 26.4 Å². The monoisotopic (exact) mass is 513 g/mol. The van der Waals surface area contributed by atoms with E-state index in [1.165, 1.54) is 7.11 Å². The SMILES string of the molecule is CO/C(Nc1ccccc1)=C(/C=N)C(=O)Nc1ccc(OC2=NN3C=C(NC(=O)C4CC4)NC3C=C2)cc1. The number of benzene rings is 2. The Labute approximate surface area is 219 Å². The van der Waals surface area contributed by atoms with Crippen LogP contribution in [0, 0.1) is 11.3 Å². The molecule has 2 aliphatic heterocycles. The summed E-state index contributed by atoms with van der Waals surface area (Å²) in [5, 5.41) is 25.7. The molecule has 5 N–H and O–H groups in total. The van der Waals surface area contributed by atoms with E-state index in [1.807, 2.05) is 36.4 Å². The van der Waals surface area contributed by atoms with Crippen molar-refractivity contribution in [3.05, 3.63) is 90.2 Å². The average molecular weight is 514 g/mol. The number of amides is 2. The van der Waals surface area contributed by atoms with Crippen LogP contribution in [0.5, 0.6) is 5.75 Å². The van der Waals surface area contributed by atoms with E-state index in [9.17, 15) is 9.59 Å². The van der Waals surface area contributed by atoms with Gasteiger partial charge in [0.25, 0.3) is 5.91 Å². The predicted molar refractivity (Wildman–Crippen MR) is 143 cm³/mol. The first-order valence-corrected chi connectivity index (χ1v) is 12.1. The maximum atomic E-state index is 12.8. The van der Waals surface area contributed by atoms with E-state index in [0.29, 0.717) is 23.2 Å². The van der Waals surface area contributed by atoms with Gasteiger partial charge in [0.1, 0.15) is 23.3 Å². The average Bonchev–Trinajstić information content (AvgIpc) is 3.71. The second-order valence-corrected chi connectivity index (χ2v) is 8.74. The van der Waals surface area contributed by atoms with E-state index in [4.69, 9.17) is 14.9 Å². The van der Waals surface area contributed by atoms with Gasteiger partial charge in [0.15, 0.2) is 0 Å². The Balaban J connectivity index is 1.20. The number of para-hydroxylation sites is 1. The van der Waals surface area contributed by atoms with Gasteiger partial charge in [-0.15, -0.1) is 5.10 Å². The highest BCUT2D eigenvalue weighted by molar-refractivity contribution is 6.17. The number of hydrogen-bond acceptors (Lipinski definition) is 9. The van der Waals surface area contributed by atoms with E-state index < -0.39 is 5.91 Å². The van der Waals surface area contributed by atoms with Gasteiger partial charge in [0, 0.05) is 29.6 Å². The summed E-state index contributed by atoms with van der Waals surface area (Å²) in [5.41, 5.74) is 1.28. The number of fused-ring (bicyclic) bond motifs is 1. The Morgan fingerprint density at radius 3 is 2.47 bits per heavy atom. The first-order chi connectivity index (χ1) is 18.5. The molecule has 1 atom stereocenters. The first-order valence-electron chi connectivity index (χ1n) is 12.1. The number of carbonyl (C=O) groups is 2. The number of rotatable bonds is 9. The van der Waals surface area contributed by atoms with Crippen molar-refractivity contribution in [2.24, 2.45) is 11.0 Å². The van der Waals surface area contributed by atoms with Crippen LogP contribution in [-0.4, -0.2) is 42.2 Å². The maximum Gasteiger partial charge on any atom is 0.262 e. The number of nitrogens with zero attached hydrogens (tertiary/aromatic N) is 2. The number of nitrogens with one attached hydrogen (secondary N) is 5. The number of ether oxygens (including phenoxy) is 2. The van der Waals surface area contributed by atoms with E-state index >= 15 is 0 Å². The van der Waals surface area contributed by atoms with Crippen molar-refractivity contribution in [2.45, 2.75) is 19.0 Å². The first kappa shape index (κ1) is 24.6. The fourth-order valence-corrected chi connectivity index (χ4v) is 3.77. The summed E-state index contributed by atoms with van der Waals surface area (Å²) >= 11 is 0. The van der Waals surface area contributed by atoms with Gasteiger partial charge in [-0.05, 0) is 55.3 Å². The molecule has 11 heteroatoms. The molecule has 0 saturated heterocycles. The largest absolute Gasteiger partial charge is 0.482 e. The van der Waals surface area contributed by atoms with Crippen molar-refractivity contribution in [3.63, 3.8) is 0 Å². The summed E-state index contributed by atoms with van der Waals surface area (Å²) in [6, 6.07) is 16.0. The van der Waals surface area contributed by atoms with Crippen LogP contribution >= 0.6 is 0 Å². The molecular formula is C27H27N7O4. The zero-order chi connectivity index (χ0) is 26.5. The topological polar surface area (TPSA) is 140 Å². The zero-order valence-corrected chi connectivity index (χ0v) is 20.6. The van der Waals surface area contributed by atoms with E-state index in [0.717, 1.165) is 24.7 Å². The fraction of sp³-hybridized carbons (Fsp3) is 0.185. The maximum absolute atomic E-state index is 12.8. The minimum absolute atomic E-state index is 0.0225. The molecule has 0 bridgehead atoms.